The van der Waals surface area contributed by atoms with Crippen molar-refractivity contribution in [3.8, 4) is 22.7 Å². The van der Waals surface area contributed by atoms with Gasteiger partial charge in [-0.3, -0.25) is 0 Å². The fraction of sp³-hybridized carbons (Fsp3) is 0.200. The molecule has 0 aliphatic heterocycles. The Hall–Kier alpha value is -4.14. The van der Waals surface area contributed by atoms with E-state index in [1.807, 2.05) is 24.5 Å². The Kier molecular flexibility index (Phi) is 5.53. The summed E-state index contributed by atoms with van der Waals surface area (Å²) in [7, 11) is 0. The molecule has 2 aromatic carbocycles. The third kappa shape index (κ3) is 4.00. The maximum absolute atomic E-state index is 14.7. The third-order valence-corrected chi connectivity index (χ3v) is 5.76. The first-order valence-corrected chi connectivity index (χ1v) is 10.8. The molecule has 0 unspecified atom stereocenters. The van der Waals surface area contributed by atoms with Crippen LogP contribution >= 0.6 is 0 Å². The van der Waals surface area contributed by atoms with Crippen molar-refractivity contribution in [1.29, 1.82) is 0 Å². The van der Waals surface area contributed by atoms with Gasteiger partial charge in [0.25, 0.3) is 5.89 Å². The highest BCUT2D eigenvalue weighted by Gasteiger charge is 2.14. The SMILES string of the molecule is Cc1nnc(-c2ccc(-c3cc(NCCn4c(C)cc5c(C)ccc(F)c54)ncn3)cc2F)o1. The van der Waals surface area contributed by atoms with Gasteiger partial charge in [-0.15, -0.1) is 10.2 Å². The summed E-state index contributed by atoms with van der Waals surface area (Å²) in [6.45, 7) is 6.68. The van der Waals surface area contributed by atoms with Crippen molar-refractivity contribution in [2.24, 2.45) is 0 Å². The second-order valence-corrected chi connectivity index (χ2v) is 8.10. The fourth-order valence-corrected chi connectivity index (χ4v) is 4.05. The minimum absolute atomic E-state index is 0.131. The summed E-state index contributed by atoms with van der Waals surface area (Å²) >= 11 is 0. The van der Waals surface area contributed by atoms with E-state index in [9.17, 15) is 8.78 Å². The topological polar surface area (TPSA) is 81.7 Å². The average Bonchev–Trinajstić information content (AvgIpc) is 3.40. The average molecular weight is 460 g/mol. The lowest BCUT2D eigenvalue weighted by molar-refractivity contribution is 0.526. The molecule has 172 valence electrons. The van der Waals surface area contributed by atoms with Gasteiger partial charge < -0.3 is 14.3 Å². The second kappa shape index (κ2) is 8.66. The maximum atomic E-state index is 14.7. The third-order valence-electron chi connectivity index (χ3n) is 5.76. The van der Waals surface area contributed by atoms with Crippen LogP contribution in [0.5, 0.6) is 0 Å². The summed E-state index contributed by atoms with van der Waals surface area (Å²) in [4.78, 5) is 8.53. The number of hydrogen-bond donors (Lipinski definition) is 1. The quantitative estimate of drug-likeness (QED) is 0.362. The van der Waals surface area contributed by atoms with Gasteiger partial charge in [0.15, 0.2) is 0 Å². The number of benzene rings is 2. The zero-order valence-corrected chi connectivity index (χ0v) is 18.9. The number of fused-ring (bicyclic) bond motifs is 1. The standard InChI is InChI=1S/C25H22F2N6O/c1-14-4-7-20(26)24-19(14)10-15(2)33(24)9-8-28-23-12-22(29-13-30-23)17-5-6-18(21(27)11-17)25-32-31-16(3)34-25/h4-7,10-13H,8-9H2,1-3H3,(H,28,29,30). The number of nitrogens with zero attached hydrogens (tertiary/aromatic N) is 5. The van der Waals surface area contributed by atoms with E-state index in [0.29, 0.717) is 41.6 Å². The van der Waals surface area contributed by atoms with Crippen LogP contribution < -0.4 is 5.32 Å². The molecule has 9 heteroatoms. The summed E-state index contributed by atoms with van der Waals surface area (Å²) in [5.41, 5.74) is 4.02. The van der Waals surface area contributed by atoms with Crippen molar-refractivity contribution < 1.29 is 13.2 Å². The number of halogens is 2. The molecular formula is C25H22F2N6O. The van der Waals surface area contributed by atoms with Crippen molar-refractivity contribution in [2.45, 2.75) is 27.3 Å². The van der Waals surface area contributed by atoms with E-state index in [1.54, 1.807) is 31.2 Å². The normalized spacial score (nSPS) is 11.3. The minimum atomic E-state index is -0.485. The molecule has 0 atom stereocenters. The van der Waals surface area contributed by atoms with Gasteiger partial charge in [0.05, 0.1) is 16.8 Å². The number of rotatable bonds is 6. The Bertz CT molecular complexity index is 1510. The van der Waals surface area contributed by atoms with Gasteiger partial charge in [-0.05, 0) is 43.7 Å². The van der Waals surface area contributed by atoms with Crippen LogP contribution in [0.2, 0.25) is 0 Å². The molecule has 0 spiro atoms. The van der Waals surface area contributed by atoms with Crippen molar-refractivity contribution in [3.05, 3.63) is 77.6 Å². The van der Waals surface area contributed by atoms with E-state index < -0.39 is 5.82 Å². The summed E-state index contributed by atoms with van der Waals surface area (Å²) in [6.07, 6.45) is 1.42. The molecule has 7 nitrogen and oxygen atoms in total. The first-order chi connectivity index (χ1) is 16.4. The van der Waals surface area contributed by atoms with Crippen LogP contribution in [0, 0.1) is 32.4 Å². The first-order valence-electron chi connectivity index (χ1n) is 10.8. The first kappa shape index (κ1) is 21.7. The van der Waals surface area contributed by atoms with Gasteiger partial charge in [0.1, 0.15) is 23.8 Å². The Morgan fingerprint density at radius 2 is 1.79 bits per heavy atom. The highest BCUT2D eigenvalue weighted by Crippen LogP contribution is 2.28. The zero-order valence-electron chi connectivity index (χ0n) is 18.9. The van der Waals surface area contributed by atoms with Crippen LogP contribution in [0.1, 0.15) is 17.1 Å². The van der Waals surface area contributed by atoms with E-state index in [4.69, 9.17) is 4.42 Å². The number of nitrogens with one attached hydrogen (secondary N) is 1. The van der Waals surface area contributed by atoms with Gasteiger partial charge in [-0.2, -0.15) is 0 Å². The largest absolute Gasteiger partial charge is 0.421 e. The highest BCUT2D eigenvalue weighted by molar-refractivity contribution is 5.85. The fourth-order valence-electron chi connectivity index (χ4n) is 4.05. The van der Waals surface area contributed by atoms with Crippen LogP contribution in [-0.2, 0) is 6.54 Å². The van der Waals surface area contributed by atoms with Gasteiger partial charge >= 0.3 is 0 Å². The molecule has 1 N–H and O–H groups in total. The van der Waals surface area contributed by atoms with Crippen LogP contribution in [-0.4, -0.2) is 31.3 Å². The van der Waals surface area contributed by atoms with Crippen LogP contribution in [0.4, 0.5) is 14.6 Å². The molecule has 3 heterocycles. The summed E-state index contributed by atoms with van der Waals surface area (Å²) in [5, 5.41) is 11.8. The number of aryl methyl sites for hydroxylation is 3. The Morgan fingerprint density at radius 1 is 0.941 bits per heavy atom. The molecule has 3 aromatic heterocycles. The zero-order chi connectivity index (χ0) is 23.8. The van der Waals surface area contributed by atoms with Crippen molar-refractivity contribution >= 4 is 16.7 Å². The summed E-state index contributed by atoms with van der Waals surface area (Å²) in [5.74, 6) is 0.366. The summed E-state index contributed by atoms with van der Waals surface area (Å²) < 4.78 is 36.5. The molecule has 0 radical (unpaired) electrons. The summed E-state index contributed by atoms with van der Waals surface area (Å²) in [6, 6.07) is 11.7. The highest BCUT2D eigenvalue weighted by atomic mass is 19.1. The van der Waals surface area contributed by atoms with Crippen molar-refractivity contribution in [1.82, 2.24) is 24.7 Å². The molecule has 0 bridgehead atoms. The van der Waals surface area contributed by atoms with E-state index in [0.717, 1.165) is 16.6 Å². The minimum Gasteiger partial charge on any atom is -0.421 e. The van der Waals surface area contributed by atoms with Gasteiger partial charge in [-0.1, -0.05) is 12.1 Å². The predicted molar refractivity (Wildman–Crippen MR) is 125 cm³/mol. The molecule has 0 aliphatic carbocycles. The smallest absolute Gasteiger partial charge is 0.250 e. The monoisotopic (exact) mass is 460 g/mol. The number of hydrogen-bond acceptors (Lipinski definition) is 6. The lowest BCUT2D eigenvalue weighted by atomic mass is 10.1. The Morgan fingerprint density at radius 3 is 2.56 bits per heavy atom. The van der Waals surface area contributed by atoms with Gasteiger partial charge in [0, 0.05) is 42.7 Å². The van der Waals surface area contributed by atoms with E-state index >= 15 is 0 Å². The molecule has 34 heavy (non-hydrogen) atoms. The van der Waals surface area contributed by atoms with Gasteiger partial charge in [-0.25, -0.2) is 18.7 Å². The Balaban J connectivity index is 1.33. The molecule has 0 fully saturated rings. The molecular weight excluding hydrogens is 438 g/mol. The molecule has 5 aromatic rings. The van der Waals surface area contributed by atoms with Crippen LogP contribution in [0.15, 0.2) is 53.2 Å². The van der Waals surface area contributed by atoms with E-state index in [1.165, 1.54) is 18.5 Å². The number of anilines is 1. The molecule has 5 rings (SSSR count). The second-order valence-electron chi connectivity index (χ2n) is 8.10. The molecule has 0 saturated heterocycles. The van der Waals surface area contributed by atoms with E-state index in [2.05, 4.69) is 25.5 Å². The maximum Gasteiger partial charge on any atom is 0.250 e. The van der Waals surface area contributed by atoms with Crippen molar-refractivity contribution in [3.63, 3.8) is 0 Å². The molecule has 0 saturated carbocycles. The van der Waals surface area contributed by atoms with Crippen LogP contribution in [0.3, 0.4) is 0 Å². The lowest BCUT2D eigenvalue weighted by Crippen LogP contribution is -2.13. The van der Waals surface area contributed by atoms with Crippen LogP contribution in [0.25, 0.3) is 33.6 Å². The lowest BCUT2D eigenvalue weighted by Gasteiger charge is -2.11. The Labute approximate surface area is 194 Å². The number of aromatic nitrogens is 5. The molecule has 0 amide bonds. The van der Waals surface area contributed by atoms with Crippen molar-refractivity contribution in [2.75, 3.05) is 11.9 Å². The van der Waals surface area contributed by atoms with Gasteiger partial charge in [0.2, 0.25) is 5.89 Å². The van der Waals surface area contributed by atoms with E-state index in [-0.39, 0.29) is 17.3 Å². The molecule has 0 aliphatic rings. The predicted octanol–water partition coefficient (Wildman–Crippen LogP) is 5.46.